The fourth-order valence-electron chi connectivity index (χ4n) is 2.97. The Morgan fingerprint density at radius 2 is 1.80 bits per heavy atom. The Hall–Kier alpha value is -3.05. The minimum absolute atomic E-state index is 0. The monoisotopic (exact) mass is 519 g/mol. The number of hydrogen-bond donors (Lipinski definition) is 2. The van der Waals surface area contributed by atoms with Gasteiger partial charge in [-0.05, 0) is 46.2 Å². The van der Waals surface area contributed by atoms with Gasteiger partial charge >= 0.3 is 6.09 Å². The molecule has 0 aliphatic heterocycles. The summed E-state index contributed by atoms with van der Waals surface area (Å²) in [5.74, 6) is 0. The van der Waals surface area contributed by atoms with Gasteiger partial charge < -0.3 is 15.4 Å². The fraction of sp³-hybridized carbons (Fsp3) is 0.417. The number of benzene rings is 1. The lowest BCUT2D eigenvalue weighted by Gasteiger charge is -2.20. The molecule has 190 valence electrons. The predicted molar refractivity (Wildman–Crippen MR) is 140 cm³/mol. The van der Waals surface area contributed by atoms with Gasteiger partial charge in [0.05, 0.1) is 16.3 Å². The number of amides is 1. The van der Waals surface area contributed by atoms with Crippen LogP contribution in [0.1, 0.15) is 47.6 Å². The van der Waals surface area contributed by atoms with Crippen molar-refractivity contribution in [2.45, 2.75) is 65.4 Å². The first kappa shape index (κ1) is 28.2. The summed E-state index contributed by atoms with van der Waals surface area (Å²) in [4.78, 5) is 25.8. The zero-order valence-electron chi connectivity index (χ0n) is 20.0. The van der Waals surface area contributed by atoms with Crippen molar-refractivity contribution < 1.29 is 17.9 Å². The van der Waals surface area contributed by atoms with E-state index < -0.39 is 21.5 Å². The van der Waals surface area contributed by atoms with Crippen LogP contribution in [0.15, 0.2) is 41.7 Å². The molecule has 1 aromatic carbocycles. The number of anilines is 1. The summed E-state index contributed by atoms with van der Waals surface area (Å²) in [7, 11) is -3.68. The highest BCUT2D eigenvalue weighted by atomic mass is 32.2. The van der Waals surface area contributed by atoms with Crippen LogP contribution < -0.4 is 10.6 Å². The minimum Gasteiger partial charge on any atom is -0.444 e. The Balaban J connectivity index is 0.00000432. The lowest BCUT2D eigenvalue weighted by molar-refractivity contribution is 0.0523. The number of aromatic nitrogens is 3. The number of ether oxygens (including phenoxy) is 1. The van der Waals surface area contributed by atoms with Crippen LogP contribution in [0.3, 0.4) is 0 Å². The smallest absolute Gasteiger partial charge is 0.407 e. The highest BCUT2D eigenvalue weighted by molar-refractivity contribution is 7.90. The molecule has 9 nitrogen and oxygen atoms in total. The van der Waals surface area contributed by atoms with Crippen LogP contribution in [0.2, 0.25) is 0 Å². The third kappa shape index (κ3) is 8.00. The van der Waals surface area contributed by atoms with Gasteiger partial charge in [0, 0.05) is 30.6 Å². The van der Waals surface area contributed by atoms with Crippen LogP contribution in [0.25, 0.3) is 21.8 Å². The SMILES string of the molecule is C.CC(C)Nc1ncc(-c2cc(-c3ccccc3CNC(=O)OC(C)(C)C)nc(S(C)(=O)=O)n2)s1. The second-order valence-electron chi connectivity index (χ2n) is 9.03. The van der Waals surface area contributed by atoms with Gasteiger partial charge in [-0.1, -0.05) is 43.0 Å². The third-order valence-corrected chi connectivity index (χ3v) is 6.12. The zero-order valence-corrected chi connectivity index (χ0v) is 21.7. The Bertz CT molecular complexity index is 1280. The summed E-state index contributed by atoms with van der Waals surface area (Å²) in [6, 6.07) is 9.26. The maximum Gasteiger partial charge on any atom is 0.407 e. The van der Waals surface area contributed by atoms with Crippen LogP contribution in [0, 0.1) is 0 Å². The van der Waals surface area contributed by atoms with E-state index in [0.29, 0.717) is 27.0 Å². The maximum absolute atomic E-state index is 12.4. The van der Waals surface area contributed by atoms with Crippen molar-refractivity contribution in [3.8, 4) is 21.8 Å². The molecule has 0 bridgehead atoms. The molecule has 35 heavy (non-hydrogen) atoms. The molecule has 2 aromatic heterocycles. The van der Waals surface area contributed by atoms with Crippen molar-refractivity contribution in [2.75, 3.05) is 11.6 Å². The highest BCUT2D eigenvalue weighted by Gasteiger charge is 2.20. The molecule has 3 aromatic rings. The first-order valence-corrected chi connectivity index (χ1v) is 13.4. The van der Waals surface area contributed by atoms with Gasteiger partial charge in [0.2, 0.25) is 15.0 Å². The third-order valence-electron chi connectivity index (χ3n) is 4.32. The van der Waals surface area contributed by atoms with Gasteiger partial charge in [0.1, 0.15) is 5.60 Å². The quantitative estimate of drug-likeness (QED) is 0.411. The largest absolute Gasteiger partial charge is 0.444 e. The summed E-state index contributed by atoms with van der Waals surface area (Å²) < 4.78 is 30.0. The number of rotatable bonds is 7. The molecular weight excluding hydrogens is 486 g/mol. The molecule has 11 heteroatoms. The topological polar surface area (TPSA) is 123 Å². The molecule has 3 rings (SSSR count). The van der Waals surface area contributed by atoms with Crippen LogP contribution in [0.5, 0.6) is 0 Å². The molecular formula is C24H33N5O4S2. The maximum atomic E-state index is 12.4. The first-order chi connectivity index (χ1) is 15.8. The number of nitrogens with zero attached hydrogens (tertiary/aromatic N) is 3. The Labute approximate surface area is 211 Å². The van der Waals surface area contributed by atoms with E-state index in [1.165, 1.54) is 11.3 Å². The lowest BCUT2D eigenvalue weighted by Crippen LogP contribution is -2.32. The zero-order chi connectivity index (χ0) is 25.1. The average molecular weight is 520 g/mol. The lowest BCUT2D eigenvalue weighted by atomic mass is 10.0. The number of sulfone groups is 1. The van der Waals surface area contributed by atoms with Gasteiger partial charge in [-0.3, -0.25) is 0 Å². The Morgan fingerprint density at radius 1 is 1.14 bits per heavy atom. The van der Waals surface area contributed by atoms with E-state index in [1.54, 1.807) is 33.0 Å². The van der Waals surface area contributed by atoms with Gasteiger partial charge in [-0.25, -0.2) is 28.2 Å². The highest BCUT2D eigenvalue weighted by Crippen LogP contribution is 2.32. The van der Waals surface area contributed by atoms with Crippen molar-refractivity contribution in [1.29, 1.82) is 0 Å². The molecule has 0 radical (unpaired) electrons. The molecule has 0 aliphatic rings. The Kier molecular flexibility index (Phi) is 8.96. The molecule has 2 N–H and O–H groups in total. The summed E-state index contributed by atoms with van der Waals surface area (Å²) in [5.41, 5.74) is 1.70. The van der Waals surface area contributed by atoms with Crippen molar-refractivity contribution >= 4 is 32.4 Å². The van der Waals surface area contributed by atoms with Crippen molar-refractivity contribution in [1.82, 2.24) is 20.3 Å². The van der Waals surface area contributed by atoms with E-state index in [4.69, 9.17) is 4.74 Å². The van der Waals surface area contributed by atoms with Crippen LogP contribution >= 0.6 is 11.3 Å². The molecule has 0 atom stereocenters. The number of nitrogens with one attached hydrogen (secondary N) is 2. The van der Waals surface area contributed by atoms with E-state index in [1.807, 2.05) is 38.1 Å². The van der Waals surface area contributed by atoms with E-state index in [0.717, 1.165) is 11.8 Å². The second-order valence-corrected chi connectivity index (χ2v) is 12.0. The van der Waals surface area contributed by atoms with E-state index >= 15 is 0 Å². The van der Waals surface area contributed by atoms with Crippen LogP contribution in [-0.2, 0) is 21.1 Å². The number of hydrogen-bond acceptors (Lipinski definition) is 9. The normalized spacial score (nSPS) is 11.6. The number of carbonyl (C=O) groups is 1. The summed E-state index contributed by atoms with van der Waals surface area (Å²) in [6.07, 6.45) is 2.19. The molecule has 1 amide bonds. The van der Waals surface area contributed by atoms with E-state index in [-0.39, 0.29) is 25.2 Å². The molecule has 0 saturated carbocycles. The second kappa shape index (κ2) is 11.1. The number of thiazole rings is 1. The Morgan fingerprint density at radius 3 is 2.43 bits per heavy atom. The van der Waals surface area contributed by atoms with Crippen molar-refractivity contribution in [3.05, 3.63) is 42.1 Å². The predicted octanol–water partition coefficient (Wildman–Crippen LogP) is 5.15. The molecule has 0 aliphatic carbocycles. The van der Waals surface area contributed by atoms with Crippen molar-refractivity contribution in [3.63, 3.8) is 0 Å². The van der Waals surface area contributed by atoms with Crippen molar-refractivity contribution in [2.24, 2.45) is 0 Å². The number of carbonyl (C=O) groups excluding carboxylic acids is 1. The summed E-state index contributed by atoms with van der Waals surface area (Å²) in [6.45, 7) is 9.56. The molecule has 0 fully saturated rings. The summed E-state index contributed by atoms with van der Waals surface area (Å²) in [5, 5.41) is 6.41. The van der Waals surface area contributed by atoms with Gasteiger partial charge in [0.25, 0.3) is 0 Å². The molecule has 0 spiro atoms. The number of alkyl carbamates (subject to hydrolysis) is 1. The van der Waals surface area contributed by atoms with Gasteiger partial charge in [-0.2, -0.15) is 0 Å². The minimum atomic E-state index is -3.68. The van der Waals surface area contributed by atoms with E-state index in [9.17, 15) is 13.2 Å². The van der Waals surface area contributed by atoms with Crippen LogP contribution in [0.4, 0.5) is 9.93 Å². The molecule has 0 saturated heterocycles. The molecule has 2 heterocycles. The first-order valence-electron chi connectivity index (χ1n) is 10.7. The fourth-order valence-corrected chi connectivity index (χ4v) is 4.42. The van der Waals surface area contributed by atoms with Gasteiger partial charge in [-0.15, -0.1) is 0 Å². The van der Waals surface area contributed by atoms with E-state index in [2.05, 4.69) is 25.6 Å². The summed E-state index contributed by atoms with van der Waals surface area (Å²) >= 11 is 1.38. The van der Waals surface area contributed by atoms with Gasteiger partial charge in [0.15, 0.2) is 5.13 Å². The van der Waals surface area contributed by atoms with Crippen LogP contribution in [-0.4, -0.2) is 47.4 Å². The molecule has 0 unspecified atom stereocenters. The average Bonchev–Trinajstić information content (AvgIpc) is 3.18. The standard InChI is InChI=1S/C23H29N5O4S2.CH4/c1-14(2)26-20-24-13-19(33-20)18-11-17(27-21(28-18)34(6,30)31)16-10-8-7-9-15(16)12-25-22(29)32-23(3,4)5;/h7-11,13-14H,12H2,1-6H3,(H,24,26)(H,25,29);1H4.